The Morgan fingerprint density at radius 2 is 1.80 bits per heavy atom. The van der Waals surface area contributed by atoms with E-state index >= 15 is 0 Å². The summed E-state index contributed by atoms with van der Waals surface area (Å²) in [7, 11) is 0. The van der Waals surface area contributed by atoms with E-state index in [2.05, 4.69) is 4.74 Å². The summed E-state index contributed by atoms with van der Waals surface area (Å²) in [4.78, 5) is 0. The minimum absolute atomic E-state index is 0.907. The van der Waals surface area contributed by atoms with E-state index in [-0.39, 0.29) is 0 Å². The first-order valence-corrected chi connectivity index (χ1v) is 2.92. The highest BCUT2D eigenvalue weighted by molar-refractivity contribution is 4.84. The average Bonchev–Trinajstić information content (AvgIpc) is 2.17. The van der Waals surface area contributed by atoms with E-state index in [0.29, 0.717) is 0 Å². The molecule has 1 fully saturated rings. The number of aliphatic hydroxyl groups excluding tert-OH is 3. The third kappa shape index (κ3) is 1.13. The van der Waals surface area contributed by atoms with Crippen LogP contribution in [0.25, 0.3) is 0 Å². The van der Waals surface area contributed by atoms with Gasteiger partial charge in [-0.15, -0.1) is 0 Å². The van der Waals surface area contributed by atoms with E-state index in [1.165, 1.54) is 0 Å². The molecule has 0 aromatic heterocycles. The quantitative estimate of drug-likeness (QED) is 0.423. The predicted molar refractivity (Wildman–Crippen MR) is 28.9 cm³/mol. The second kappa shape index (κ2) is 2.79. The number of halogens is 1. The Morgan fingerprint density at radius 3 is 2.00 bits per heavy atom. The molecule has 3 N–H and O–H groups in total. The van der Waals surface area contributed by atoms with Crippen LogP contribution >= 0.6 is 0 Å². The molecule has 0 spiro atoms. The van der Waals surface area contributed by atoms with Crippen molar-refractivity contribution in [2.24, 2.45) is 0 Å². The molecule has 0 bridgehead atoms. The molecule has 5 heteroatoms. The molecule has 1 aliphatic heterocycles. The van der Waals surface area contributed by atoms with Crippen molar-refractivity contribution in [2.75, 3.05) is 6.67 Å². The fraction of sp³-hybridized carbons (Fsp3) is 1.00. The molecule has 0 aromatic carbocycles. The molecule has 0 saturated carbocycles. The van der Waals surface area contributed by atoms with Gasteiger partial charge in [-0.3, -0.25) is 0 Å². The minimum Gasteiger partial charge on any atom is -0.387 e. The topological polar surface area (TPSA) is 69.9 Å². The van der Waals surface area contributed by atoms with Gasteiger partial charge in [-0.2, -0.15) is 0 Å². The van der Waals surface area contributed by atoms with Crippen LogP contribution in [0.15, 0.2) is 0 Å². The lowest BCUT2D eigenvalue weighted by Gasteiger charge is -2.08. The zero-order valence-corrected chi connectivity index (χ0v) is 5.14. The van der Waals surface area contributed by atoms with Crippen molar-refractivity contribution in [1.29, 1.82) is 0 Å². The van der Waals surface area contributed by atoms with Crippen molar-refractivity contribution in [2.45, 2.75) is 24.6 Å². The van der Waals surface area contributed by atoms with Crippen LogP contribution < -0.4 is 0 Å². The van der Waals surface area contributed by atoms with Crippen LogP contribution in [0.1, 0.15) is 0 Å². The summed E-state index contributed by atoms with van der Waals surface area (Å²) in [6, 6.07) is 0. The number of ether oxygens (including phenoxy) is 1. The SMILES string of the molecule is OC1C(O)[C@@H](CF)O[C@H]1O. The van der Waals surface area contributed by atoms with Gasteiger partial charge in [0, 0.05) is 0 Å². The fourth-order valence-electron chi connectivity index (χ4n) is 0.856. The van der Waals surface area contributed by atoms with Gasteiger partial charge in [0.25, 0.3) is 0 Å². The first kappa shape index (κ1) is 7.87. The van der Waals surface area contributed by atoms with Crippen molar-refractivity contribution in [3.63, 3.8) is 0 Å². The molecular weight excluding hydrogens is 143 g/mol. The Hall–Kier alpha value is -0.230. The van der Waals surface area contributed by atoms with Gasteiger partial charge >= 0.3 is 0 Å². The van der Waals surface area contributed by atoms with E-state index in [9.17, 15) is 4.39 Å². The molecule has 10 heavy (non-hydrogen) atoms. The van der Waals surface area contributed by atoms with Gasteiger partial charge < -0.3 is 20.1 Å². The van der Waals surface area contributed by atoms with Crippen LogP contribution in [-0.4, -0.2) is 46.6 Å². The molecule has 60 valence electrons. The molecule has 0 aliphatic carbocycles. The molecule has 0 radical (unpaired) electrons. The van der Waals surface area contributed by atoms with Gasteiger partial charge in [-0.05, 0) is 0 Å². The highest BCUT2D eigenvalue weighted by Crippen LogP contribution is 2.19. The largest absolute Gasteiger partial charge is 0.387 e. The van der Waals surface area contributed by atoms with Crippen LogP contribution in [0, 0.1) is 0 Å². The average molecular weight is 152 g/mol. The molecule has 0 aromatic rings. The Bertz CT molecular complexity index is 120. The van der Waals surface area contributed by atoms with Gasteiger partial charge in [0.05, 0.1) is 0 Å². The number of alkyl halides is 1. The normalized spacial score (nSPS) is 48.0. The van der Waals surface area contributed by atoms with Gasteiger partial charge in [0.2, 0.25) is 0 Å². The first-order valence-electron chi connectivity index (χ1n) is 2.92. The van der Waals surface area contributed by atoms with Crippen LogP contribution in [-0.2, 0) is 4.74 Å². The maximum absolute atomic E-state index is 11.8. The summed E-state index contributed by atoms with van der Waals surface area (Å²) < 4.78 is 16.2. The van der Waals surface area contributed by atoms with E-state index in [0.717, 1.165) is 0 Å². The third-order valence-electron chi connectivity index (χ3n) is 1.49. The summed E-state index contributed by atoms with van der Waals surface area (Å²) in [6.07, 6.45) is -5.26. The van der Waals surface area contributed by atoms with Crippen LogP contribution in [0.2, 0.25) is 0 Å². The van der Waals surface area contributed by atoms with Crippen molar-refractivity contribution in [3.8, 4) is 0 Å². The molecule has 4 nitrogen and oxygen atoms in total. The van der Waals surface area contributed by atoms with Crippen LogP contribution in [0.4, 0.5) is 4.39 Å². The smallest absolute Gasteiger partial charge is 0.184 e. The van der Waals surface area contributed by atoms with Crippen molar-refractivity contribution in [1.82, 2.24) is 0 Å². The number of hydrogen-bond donors (Lipinski definition) is 3. The lowest BCUT2D eigenvalue weighted by atomic mass is 10.1. The highest BCUT2D eigenvalue weighted by atomic mass is 19.1. The number of hydrogen-bond acceptors (Lipinski definition) is 4. The van der Waals surface area contributed by atoms with E-state index in [4.69, 9.17) is 15.3 Å². The monoisotopic (exact) mass is 152 g/mol. The Labute approximate surface area is 56.9 Å². The molecular formula is C5H9FO4. The maximum atomic E-state index is 11.8. The lowest BCUT2D eigenvalue weighted by molar-refractivity contribution is -0.129. The minimum atomic E-state index is -1.46. The maximum Gasteiger partial charge on any atom is 0.184 e. The molecule has 1 heterocycles. The third-order valence-corrected chi connectivity index (χ3v) is 1.49. The van der Waals surface area contributed by atoms with Crippen LogP contribution in [0.5, 0.6) is 0 Å². The summed E-state index contributed by atoms with van der Waals surface area (Å²) in [5, 5.41) is 26.3. The first-order chi connectivity index (χ1) is 4.66. The second-order valence-corrected chi connectivity index (χ2v) is 2.20. The Balaban J connectivity index is 2.53. The molecule has 4 atom stereocenters. The summed E-state index contributed by atoms with van der Waals surface area (Å²) in [5.74, 6) is 0. The van der Waals surface area contributed by atoms with E-state index < -0.39 is 31.3 Å². The molecule has 1 saturated heterocycles. The molecule has 0 amide bonds. The Kier molecular flexibility index (Phi) is 2.20. The zero-order valence-electron chi connectivity index (χ0n) is 5.14. The van der Waals surface area contributed by atoms with E-state index in [1.807, 2.05) is 0 Å². The standard InChI is InChI=1S/C5H9FO4/c6-1-2-3(7)4(8)5(9)10-2/h2-5,7-9H,1H2/t2-,3?,4?,5-/m1/s1. The second-order valence-electron chi connectivity index (χ2n) is 2.20. The number of rotatable bonds is 1. The fourth-order valence-corrected chi connectivity index (χ4v) is 0.856. The summed E-state index contributed by atoms with van der Waals surface area (Å²) in [6.45, 7) is -0.907. The van der Waals surface area contributed by atoms with Crippen molar-refractivity contribution < 1.29 is 24.4 Å². The van der Waals surface area contributed by atoms with E-state index in [1.54, 1.807) is 0 Å². The van der Waals surface area contributed by atoms with Gasteiger partial charge in [-0.25, -0.2) is 4.39 Å². The van der Waals surface area contributed by atoms with Gasteiger partial charge in [-0.1, -0.05) is 0 Å². The zero-order chi connectivity index (χ0) is 7.72. The van der Waals surface area contributed by atoms with Crippen LogP contribution in [0.3, 0.4) is 0 Å². The molecule has 1 rings (SSSR count). The molecule has 2 unspecified atom stereocenters. The van der Waals surface area contributed by atoms with Crippen molar-refractivity contribution in [3.05, 3.63) is 0 Å². The lowest BCUT2D eigenvalue weighted by Crippen LogP contribution is -2.33. The summed E-state index contributed by atoms with van der Waals surface area (Å²) in [5.41, 5.74) is 0. The Morgan fingerprint density at radius 1 is 1.20 bits per heavy atom. The van der Waals surface area contributed by atoms with Crippen molar-refractivity contribution >= 4 is 0 Å². The number of aliphatic hydroxyl groups is 3. The highest BCUT2D eigenvalue weighted by Gasteiger charge is 2.41. The predicted octanol–water partition coefficient (Wildman–Crippen LogP) is -1.61. The summed E-state index contributed by atoms with van der Waals surface area (Å²) >= 11 is 0. The van der Waals surface area contributed by atoms with Gasteiger partial charge in [0.1, 0.15) is 25.0 Å². The van der Waals surface area contributed by atoms with Gasteiger partial charge in [0.15, 0.2) is 6.29 Å². The molecule has 1 aliphatic rings.